The van der Waals surface area contributed by atoms with Gasteiger partial charge in [-0.15, -0.1) is 0 Å². The van der Waals surface area contributed by atoms with Crippen LogP contribution in [0.15, 0.2) is 46.0 Å². The van der Waals surface area contributed by atoms with Crippen molar-refractivity contribution in [2.45, 2.75) is 38.5 Å². The third-order valence-corrected chi connectivity index (χ3v) is 5.11. The number of phenolic OH excluding ortho intramolecular Hbond substituents is 2. The van der Waals surface area contributed by atoms with Crippen LogP contribution < -0.4 is 15.5 Å². The molecular formula is C22H26BrN3O5. The fourth-order valence-corrected chi connectivity index (χ4v) is 3.20. The van der Waals surface area contributed by atoms with Gasteiger partial charge in [0.05, 0.1) is 19.0 Å². The number of unbranched alkanes of at least 4 members (excludes halogenated alkanes) is 3. The number of benzene rings is 2. The molecule has 0 bridgehead atoms. The van der Waals surface area contributed by atoms with Gasteiger partial charge in [0, 0.05) is 22.9 Å². The molecule has 2 amide bonds. The van der Waals surface area contributed by atoms with Crippen molar-refractivity contribution in [2.75, 3.05) is 12.4 Å². The van der Waals surface area contributed by atoms with Crippen molar-refractivity contribution >= 4 is 39.6 Å². The van der Waals surface area contributed by atoms with E-state index < -0.39 is 0 Å². The predicted octanol–water partition coefficient (Wildman–Crippen LogP) is 4.30. The SMILES string of the molecule is COc1cc(/C=N/NC(=O)CCCCCCC(=O)Nc2ccccc2O)c(Br)cc1O. The number of methoxy groups -OCH3 is 1. The van der Waals surface area contributed by atoms with Crippen molar-refractivity contribution in [3.8, 4) is 17.2 Å². The van der Waals surface area contributed by atoms with E-state index >= 15 is 0 Å². The standard InChI is InChI=1S/C22H26BrN3O5/c1-31-20-12-15(16(23)13-19(20)28)14-24-26-22(30)11-5-3-2-4-10-21(29)25-17-8-6-7-9-18(17)27/h6-9,12-14,27-28H,2-5,10-11H2,1H3,(H,25,29)(H,26,30)/b24-14+. The fraction of sp³-hybridized carbons (Fsp3) is 0.318. The minimum absolute atomic E-state index is 0.00579. The zero-order chi connectivity index (χ0) is 22.6. The van der Waals surface area contributed by atoms with Crippen molar-refractivity contribution < 1.29 is 24.5 Å². The van der Waals surface area contributed by atoms with Crippen molar-refractivity contribution in [2.24, 2.45) is 5.10 Å². The minimum atomic E-state index is -0.199. The summed E-state index contributed by atoms with van der Waals surface area (Å²) in [6, 6.07) is 9.69. The van der Waals surface area contributed by atoms with Gasteiger partial charge in [0.15, 0.2) is 11.5 Å². The van der Waals surface area contributed by atoms with Gasteiger partial charge in [-0.25, -0.2) is 5.43 Å². The van der Waals surface area contributed by atoms with E-state index in [1.54, 1.807) is 24.3 Å². The van der Waals surface area contributed by atoms with Crippen LogP contribution in [-0.4, -0.2) is 35.4 Å². The number of carbonyl (C=O) groups excluding carboxylic acids is 2. The average Bonchev–Trinajstić information content (AvgIpc) is 2.73. The van der Waals surface area contributed by atoms with E-state index in [9.17, 15) is 19.8 Å². The Morgan fingerprint density at radius 2 is 1.71 bits per heavy atom. The fourth-order valence-electron chi connectivity index (χ4n) is 2.77. The van der Waals surface area contributed by atoms with Crippen LogP contribution in [-0.2, 0) is 9.59 Å². The van der Waals surface area contributed by atoms with Crippen LogP contribution in [0.4, 0.5) is 5.69 Å². The van der Waals surface area contributed by atoms with E-state index in [0.29, 0.717) is 47.2 Å². The molecule has 0 spiro atoms. The molecule has 0 atom stereocenters. The summed E-state index contributed by atoms with van der Waals surface area (Å²) in [6.07, 6.45) is 5.20. The van der Waals surface area contributed by atoms with Crippen LogP contribution in [0.2, 0.25) is 0 Å². The third kappa shape index (κ3) is 8.29. The summed E-state index contributed by atoms with van der Waals surface area (Å²) < 4.78 is 5.67. The second-order valence-electron chi connectivity index (χ2n) is 6.82. The number of carbonyl (C=O) groups is 2. The second-order valence-corrected chi connectivity index (χ2v) is 7.67. The van der Waals surface area contributed by atoms with Gasteiger partial charge in [-0.05, 0) is 53.0 Å². The maximum absolute atomic E-state index is 11.9. The van der Waals surface area contributed by atoms with Gasteiger partial charge in [0.1, 0.15) is 5.75 Å². The molecule has 166 valence electrons. The maximum atomic E-state index is 11.9. The van der Waals surface area contributed by atoms with Gasteiger partial charge in [-0.3, -0.25) is 9.59 Å². The van der Waals surface area contributed by atoms with Crippen molar-refractivity contribution in [1.82, 2.24) is 5.43 Å². The number of aromatic hydroxyl groups is 2. The number of rotatable bonds is 11. The molecular weight excluding hydrogens is 466 g/mol. The molecule has 0 radical (unpaired) electrons. The molecule has 0 aliphatic rings. The molecule has 0 heterocycles. The van der Waals surface area contributed by atoms with E-state index in [1.165, 1.54) is 25.5 Å². The number of nitrogens with zero attached hydrogens (tertiary/aromatic N) is 1. The van der Waals surface area contributed by atoms with Crippen molar-refractivity contribution in [3.05, 3.63) is 46.4 Å². The highest BCUT2D eigenvalue weighted by Crippen LogP contribution is 2.31. The zero-order valence-corrected chi connectivity index (χ0v) is 18.8. The average molecular weight is 492 g/mol. The van der Waals surface area contributed by atoms with Gasteiger partial charge in [-0.1, -0.05) is 25.0 Å². The highest BCUT2D eigenvalue weighted by atomic mass is 79.9. The molecule has 8 nitrogen and oxygen atoms in total. The smallest absolute Gasteiger partial charge is 0.240 e. The summed E-state index contributed by atoms with van der Waals surface area (Å²) in [5, 5.41) is 25.9. The molecule has 2 aromatic carbocycles. The van der Waals surface area contributed by atoms with E-state index in [2.05, 4.69) is 31.8 Å². The maximum Gasteiger partial charge on any atom is 0.240 e. The summed E-state index contributed by atoms with van der Waals surface area (Å²) in [4.78, 5) is 23.8. The zero-order valence-electron chi connectivity index (χ0n) is 17.2. The van der Waals surface area contributed by atoms with E-state index in [0.717, 1.165) is 12.8 Å². The molecule has 9 heteroatoms. The molecule has 0 unspecified atom stereocenters. The van der Waals surface area contributed by atoms with Crippen LogP contribution in [0, 0.1) is 0 Å². The number of anilines is 1. The van der Waals surface area contributed by atoms with E-state index in [-0.39, 0.29) is 23.3 Å². The van der Waals surface area contributed by atoms with Crippen LogP contribution in [0.25, 0.3) is 0 Å². The third-order valence-electron chi connectivity index (χ3n) is 4.43. The lowest BCUT2D eigenvalue weighted by atomic mass is 10.1. The summed E-state index contributed by atoms with van der Waals surface area (Å²) >= 11 is 3.32. The summed E-state index contributed by atoms with van der Waals surface area (Å²) in [7, 11) is 1.45. The molecule has 31 heavy (non-hydrogen) atoms. The Kier molecular flexibility index (Phi) is 9.83. The lowest BCUT2D eigenvalue weighted by molar-refractivity contribution is -0.121. The molecule has 0 fully saturated rings. The van der Waals surface area contributed by atoms with Crippen LogP contribution in [0.3, 0.4) is 0 Å². The Labute approximate surface area is 189 Å². The first-order chi connectivity index (χ1) is 14.9. The Hall–Kier alpha value is -3.07. The Balaban J connectivity index is 1.60. The first kappa shape index (κ1) is 24.2. The Bertz CT molecular complexity index is 933. The number of nitrogens with one attached hydrogen (secondary N) is 2. The van der Waals surface area contributed by atoms with E-state index in [1.807, 2.05) is 0 Å². The largest absolute Gasteiger partial charge is 0.506 e. The summed E-state index contributed by atoms with van der Waals surface area (Å²) in [6.45, 7) is 0. The molecule has 0 aliphatic carbocycles. The number of halogens is 1. The summed E-state index contributed by atoms with van der Waals surface area (Å²) in [5.74, 6) is 0.0129. The second kappa shape index (κ2) is 12.6. The van der Waals surface area contributed by atoms with Crippen LogP contribution >= 0.6 is 15.9 Å². The van der Waals surface area contributed by atoms with Gasteiger partial charge >= 0.3 is 0 Å². The highest BCUT2D eigenvalue weighted by Gasteiger charge is 2.07. The predicted molar refractivity (Wildman–Crippen MR) is 123 cm³/mol. The van der Waals surface area contributed by atoms with E-state index in [4.69, 9.17) is 4.74 Å². The first-order valence-electron chi connectivity index (χ1n) is 9.87. The first-order valence-corrected chi connectivity index (χ1v) is 10.7. The quantitative estimate of drug-likeness (QED) is 0.161. The van der Waals surface area contributed by atoms with Crippen LogP contribution in [0.1, 0.15) is 44.1 Å². The lowest BCUT2D eigenvalue weighted by Gasteiger charge is -2.07. The van der Waals surface area contributed by atoms with Gasteiger partial charge in [0.2, 0.25) is 11.8 Å². The normalized spacial score (nSPS) is 10.8. The number of hydrazone groups is 1. The molecule has 0 saturated heterocycles. The number of amides is 2. The number of para-hydroxylation sites is 2. The van der Waals surface area contributed by atoms with Gasteiger partial charge in [0.25, 0.3) is 0 Å². The molecule has 0 saturated carbocycles. The monoisotopic (exact) mass is 491 g/mol. The molecule has 0 aromatic heterocycles. The number of hydrogen-bond acceptors (Lipinski definition) is 6. The number of hydrogen-bond donors (Lipinski definition) is 4. The highest BCUT2D eigenvalue weighted by molar-refractivity contribution is 9.10. The molecule has 0 aliphatic heterocycles. The topological polar surface area (TPSA) is 120 Å². The summed E-state index contributed by atoms with van der Waals surface area (Å²) in [5.41, 5.74) is 3.53. The molecule has 2 rings (SSSR count). The van der Waals surface area contributed by atoms with Crippen molar-refractivity contribution in [3.63, 3.8) is 0 Å². The Morgan fingerprint density at radius 1 is 1.03 bits per heavy atom. The Morgan fingerprint density at radius 3 is 2.39 bits per heavy atom. The number of phenols is 2. The van der Waals surface area contributed by atoms with Gasteiger partial charge in [-0.2, -0.15) is 5.10 Å². The van der Waals surface area contributed by atoms with Crippen LogP contribution in [0.5, 0.6) is 17.2 Å². The van der Waals surface area contributed by atoms with Gasteiger partial charge < -0.3 is 20.3 Å². The van der Waals surface area contributed by atoms with Crippen molar-refractivity contribution in [1.29, 1.82) is 0 Å². The molecule has 2 aromatic rings. The number of ether oxygens (including phenoxy) is 1. The lowest BCUT2D eigenvalue weighted by Crippen LogP contribution is -2.17. The molecule has 4 N–H and O–H groups in total. The minimum Gasteiger partial charge on any atom is -0.506 e.